The van der Waals surface area contributed by atoms with Gasteiger partial charge >= 0.3 is 6.18 Å². The molecule has 0 aliphatic rings. The Balaban J connectivity index is 1.84. The second kappa shape index (κ2) is 8.88. The van der Waals surface area contributed by atoms with Gasteiger partial charge in [0.2, 0.25) is 5.78 Å². The van der Waals surface area contributed by atoms with Gasteiger partial charge in [-0.05, 0) is 54.6 Å². The van der Waals surface area contributed by atoms with Gasteiger partial charge in [0.1, 0.15) is 22.1 Å². The minimum absolute atomic E-state index is 0.00403. The topological polar surface area (TPSA) is 65.2 Å². The van der Waals surface area contributed by atoms with E-state index in [-0.39, 0.29) is 32.0 Å². The first-order chi connectivity index (χ1) is 15.7. The largest absolute Gasteiger partial charge is 0.490 e. The number of halogens is 4. The van der Waals surface area contributed by atoms with E-state index >= 15 is 0 Å². The first-order valence-electron chi connectivity index (χ1n) is 9.63. The number of aromatic nitrogens is 1. The van der Waals surface area contributed by atoms with Crippen LogP contribution in [0.5, 0.6) is 5.75 Å². The number of fused-ring (bicyclic) bond motifs is 1. The quantitative estimate of drug-likeness (QED) is 0.234. The number of anilines is 1. The zero-order chi connectivity index (χ0) is 23.8. The molecular weight excluding hydrogens is 473 g/mol. The molecule has 168 valence electrons. The van der Waals surface area contributed by atoms with Crippen molar-refractivity contribution in [3.05, 3.63) is 88.3 Å². The number of hydrogen-bond acceptors (Lipinski definition) is 5. The Bertz CT molecular complexity index is 1350. The van der Waals surface area contributed by atoms with E-state index in [0.29, 0.717) is 22.9 Å². The molecule has 2 heterocycles. The van der Waals surface area contributed by atoms with Gasteiger partial charge in [-0.2, -0.15) is 13.2 Å². The van der Waals surface area contributed by atoms with E-state index in [4.69, 9.17) is 22.1 Å². The first-order valence-corrected chi connectivity index (χ1v) is 10.8. The standard InChI is InChI=1S/C24H16ClF3N2O2S/c1-2-11-32-16-9-5-13(6-10-16)18-12-17(24(26,27)28)19-20(29)22(33-23(19)30-18)21(31)14-3-7-15(25)8-4-14/h2-10,12H,1,11,29H2. The molecule has 33 heavy (non-hydrogen) atoms. The van der Waals surface area contributed by atoms with Crippen molar-refractivity contribution in [2.24, 2.45) is 0 Å². The average molecular weight is 489 g/mol. The summed E-state index contributed by atoms with van der Waals surface area (Å²) >= 11 is 6.69. The Hall–Kier alpha value is -3.36. The number of benzene rings is 2. The van der Waals surface area contributed by atoms with Gasteiger partial charge in [0.05, 0.1) is 16.9 Å². The number of nitrogens with zero attached hydrogens (tertiary/aromatic N) is 1. The van der Waals surface area contributed by atoms with Crippen LogP contribution in [0.15, 0.2) is 67.3 Å². The van der Waals surface area contributed by atoms with Crippen LogP contribution < -0.4 is 10.5 Å². The molecule has 0 amide bonds. The van der Waals surface area contributed by atoms with Crippen molar-refractivity contribution in [3.8, 4) is 17.0 Å². The molecule has 0 aliphatic heterocycles. The molecule has 0 aliphatic carbocycles. The lowest BCUT2D eigenvalue weighted by Crippen LogP contribution is -2.08. The molecule has 0 atom stereocenters. The van der Waals surface area contributed by atoms with Crippen molar-refractivity contribution in [1.29, 1.82) is 0 Å². The lowest BCUT2D eigenvalue weighted by atomic mass is 10.0. The first kappa shape index (κ1) is 22.8. The van der Waals surface area contributed by atoms with Gasteiger partial charge < -0.3 is 10.5 Å². The molecule has 4 nitrogen and oxygen atoms in total. The fourth-order valence-electron chi connectivity index (χ4n) is 3.27. The summed E-state index contributed by atoms with van der Waals surface area (Å²) in [5, 5.41) is 0.155. The lowest BCUT2D eigenvalue weighted by molar-refractivity contribution is -0.136. The Labute approximate surface area is 196 Å². The smallest absolute Gasteiger partial charge is 0.417 e. The van der Waals surface area contributed by atoms with Crippen molar-refractivity contribution < 1.29 is 22.7 Å². The number of hydrogen-bond donors (Lipinski definition) is 1. The minimum Gasteiger partial charge on any atom is -0.490 e. The highest BCUT2D eigenvalue weighted by molar-refractivity contribution is 7.21. The summed E-state index contributed by atoms with van der Waals surface area (Å²) in [7, 11) is 0. The van der Waals surface area contributed by atoms with Crippen molar-refractivity contribution in [3.63, 3.8) is 0 Å². The van der Waals surface area contributed by atoms with E-state index in [1.807, 2.05) is 0 Å². The number of thiophene rings is 1. The maximum absolute atomic E-state index is 14.0. The van der Waals surface area contributed by atoms with Gasteiger partial charge in [-0.1, -0.05) is 24.3 Å². The van der Waals surface area contributed by atoms with Crippen LogP contribution in [0.1, 0.15) is 20.8 Å². The maximum atomic E-state index is 14.0. The average Bonchev–Trinajstić information content (AvgIpc) is 3.13. The van der Waals surface area contributed by atoms with Gasteiger partial charge in [-0.3, -0.25) is 4.79 Å². The molecule has 2 aromatic carbocycles. The van der Waals surface area contributed by atoms with Crippen LogP contribution in [0.3, 0.4) is 0 Å². The summed E-state index contributed by atoms with van der Waals surface area (Å²) in [5.41, 5.74) is 5.71. The van der Waals surface area contributed by atoms with Crippen molar-refractivity contribution in [2.45, 2.75) is 6.18 Å². The normalized spacial score (nSPS) is 11.5. The van der Waals surface area contributed by atoms with Crippen LogP contribution >= 0.6 is 22.9 Å². The number of nitrogen functional groups attached to an aromatic ring is 1. The van der Waals surface area contributed by atoms with E-state index in [9.17, 15) is 18.0 Å². The van der Waals surface area contributed by atoms with E-state index in [0.717, 1.165) is 17.4 Å². The monoisotopic (exact) mass is 488 g/mol. The number of alkyl halides is 3. The predicted molar refractivity (Wildman–Crippen MR) is 125 cm³/mol. The van der Waals surface area contributed by atoms with Crippen LogP contribution in [0, 0.1) is 0 Å². The SMILES string of the molecule is C=CCOc1ccc(-c2cc(C(F)(F)F)c3c(N)c(C(=O)c4ccc(Cl)cc4)sc3n2)cc1. The van der Waals surface area contributed by atoms with E-state index in [1.165, 1.54) is 24.3 Å². The molecule has 4 rings (SSSR count). The lowest BCUT2D eigenvalue weighted by Gasteiger charge is -2.12. The summed E-state index contributed by atoms with van der Waals surface area (Å²) in [4.78, 5) is 17.4. The Morgan fingerprint density at radius 1 is 1.15 bits per heavy atom. The highest BCUT2D eigenvalue weighted by atomic mass is 35.5. The Kier molecular flexibility index (Phi) is 6.14. The second-order valence-corrected chi connectivity index (χ2v) is 8.47. The number of carbonyl (C=O) groups is 1. The zero-order valence-electron chi connectivity index (χ0n) is 16.9. The molecule has 2 aromatic heterocycles. The number of pyridine rings is 1. The fraction of sp³-hybridized carbons (Fsp3) is 0.0833. The number of nitrogens with two attached hydrogens (primary N) is 1. The highest BCUT2D eigenvalue weighted by Crippen LogP contribution is 2.44. The molecular formula is C24H16ClF3N2O2S. The molecule has 0 bridgehead atoms. The summed E-state index contributed by atoms with van der Waals surface area (Å²) in [6.45, 7) is 3.87. The Morgan fingerprint density at radius 3 is 2.42 bits per heavy atom. The third-order valence-electron chi connectivity index (χ3n) is 4.83. The van der Waals surface area contributed by atoms with Crippen LogP contribution in [0.2, 0.25) is 5.02 Å². The third kappa shape index (κ3) is 4.58. The number of rotatable bonds is 6. The summed E-state index contributed by atoms with van der Waals surface area (Å²) in [5.74, 6) is 0.0533. The van der Waals surface area contributed by atoms with E-state index < -0.39 is 17.5 Å². The predicted octanol–water partition coefficient (Wildman–Crippen LogP) is 7.01. The third-order valence-corrected chi connectivity index (χ3v) is 6.19. The molecule has 0 unspecified atom stereocenters. The van der Waals surface area contributed by atoms with Crippen LogP contribution in [0.25, 0.3) is 21.5 Å². The van der Waals surface area contributed by atoms with Crippen molar-refractivity contribution in [2.75, 3.05) is 12.3 Å². The van der Waals surface area contributed by atoms with Gasteiger partial charge in [0.25, 0.3) is 0 Å². The van der Waals surface area contributed by atoms with Crippen molar-refractivity contribution in [1.82, 2.24) is 4.98 Å². The minimum atomic E-state index is -4.70. The summed E-state index contributed by atoms with van der Waals surface area (Å²) in [6, 6.07) is 13.5. The molecule has 2 N–H and O–H groups in total. The van der Waals surface area contributed by atoms with E-state index in [2.05, 4.69) is 11.6 Å². The van der Waals surface area contributed by atoms with Gasteiger partial charge in [-0.15, -0.1) is 11.3 Å². The van der Waals surface area contributed by atoms with Crippen LogP contribution in [0.4, 0.5) is 18.9 Å². The van der Waals surface area contributed by atoms with E-state index in [1.54, 1.807) is 30.3 Å². The van der Waals surface area contributed by atoms with Gasteiger partial charge in [-0.25, -0.2) is 4.98 Å². The zero-order valence-corrected chi connectivity index (χ0v) is 18.5. The molecule has 0 spiro atoms. The van der Waals surface area contributed by atoms with Crippen LogP contribution in [-0.4, -0.2) is 17.4 Å². The van der Waals surface area contributed by atoms with Crippen molar-refractivity contribution >= 4 is 44.6 Å². The second-order valence-electron chi connectivity index (χ2n) is 7.04. The summed E-state index contributed by atoms with van der Waals surface area (Å²) < 4.78 is 47.3. The number of ether oxygens (including phenoxy) is 1. The summed E-state index contributed by atoms with van der Waals surface area (Å²) in [6.07, 6.45) is -3.11. The highest BCUT2D eigenvalue weighted by Gasteiger charge is 2.36. The number of ketones is 1. The maximum Gasteiger partial charge on any atom is 0.417 e. The van der Waals surface area contributed by atoms with Gasteiger partial charge in [0.15, 0.2) is 0 Å². The van der Waals surface area contributed by atoms with Gasteiger partial charge in [0, 0.05) is 21.5 Å². The molecule has 4 aromatic rings. The number of carbonyl (C=O) groups excluding carboxylic acids is 1. The molecule has 0 fully saturated rings. The molecule has 0 radical (unpaired) electrons. The molecule has 9 heteroatoms. The van der Waals surface area contributed by atoms with Crippen LogP contribution in [-0.2, 0) is 6.18 Å². The Morgan fingerprint density at radius 2 is 1.82 bits per heavy atom. The molecule has 0 saturated heterocycles. The molecule has 0 saturated carbocycles. The fourth-order valence-corrected chi connectivity index (χ4v) is 4.48.